The molecule has 1 saturated heterocycles. The van der Waals surface area contributed by atoms with Gasteiger partial charge in [-0.1, -0.05) is 49.6 Å². The first-order valence-electron chi connectivity index (χ1n) is 12.6. The number of likely N-dealkylation sites (tertiary alicyclic amines) is 1. The summed E-state index contributed by atoms with van der Waals surface area (Å²) >= 11 is 1.69. The van der Waals surface area contributed by atoms with Crippen LogP contribution in [0.25, 0.3) is 11.4 Å². The number of thiazole rings is 1. The van der Waals surface area contributed by atoms with E-state index in [1.807, 2.05) is 0 Å². The van der Waals surface area contributed by atoms with Gasteiger partial charge in [0, 0.05) is 30.2 Å². The van der Waals surface area contributed by atoms with E-state index < -0.39 is 0 Å². The molecule has 1 amide bonds. The van der Waals surface area contributed by atoms with E-state index in [0.29, 0.717) is 12.0 Å². The smallest absolute Gasteiger partial charge is 0.255 e. The third-order valence-corrected chi connectivity index (χ3v) is 8.39. The molecule has 0 radical (unpaired) electrons. The van der Waals surface area contributed by atoms with Crippen molar-refractivity contribution in [2.75, 3.05) is 13.1 Å². The predicted octanol–water partition coefficient (Wildman–Crippen LogP) is 6.83. The lowest BCUT2D eigenvalue weighted by Crippen LogP contribution is -2.39. The molecule has 3 heterocycles. The summed E-state index contributed by atoms with van der Waals surface area (Å²) in [7, 11) is 0. The molecule has 2 aliphatic rings. The normalized spacial score (nSPS) is 18.1. The van der Waals surface area contributed by atoms with Gasteiger partial charge in [-0.3, -0.25) is 4.79 Å². The lowest BCUT2D eigenvalue weighted by atomic mass is 9.90. The number of carbonyl (C=O) groups excluding carboxylic acids is 1. The van der Waals surface area contributed by atoms with Crippen LogP contribution in [0.2, 0.25) is 0 Å². The SMILES string of the molecule is Cc1nc(-c2cc(C(=O)N3CCC(Cc4ccccc4)CC3)c(C)n2C2CCCCC2)cs1. The van der Waals surface area contributed by atoms with Crippen molar-refractivity contribution in [1.82, 2.24) is 14.5 Å². The molecular weight excluding hydrogens is 426 g/mol. The van der Waals surface area contributed by atoms with Gasteiger partial charge in [-0.05, 0) is 63.5 Å². The van der Waals surface area contributed by atoms with Crippen molar-refractivity contribution in [3.05, 3.63) is 63.6 Å². The second-order valence-electron chi connectivity index (χ2n) is 9.87. The standard InChI is InChI=1S/C28H35N3OS/c1-20-25(28(32)30-15-13-23(14-16-30)17-22-9-5-3-6-10-22)18-27(26-19-33-21(2)29-26)31(20)24-11-7-4-8-12-24/h3,5-6,9-10,18-19,23-24H,4,7-8,11-17H2,1-2H3. The Labute approximate surface area is 201 Å². The maximum Gasteiger partial charge on any atom is 0.255 e. The molecule has 2 fully saturated rings. The number of amides is 1. The number of rotatable bonds is 5. The highest BCUT2D eigenvalue weighted by Gasteiger charge is 2.29. The van der Waals surface area contributed by atoms with E-state index in [1.165, 1.54) is 37.7 Å². The molecule has 0 N–H and O–H groups in total. The van der Waals surface area contributed by atoms with Crippen LogP contribution in [-0.2, 0) is 6.42 Å². The number of piperidine rings is 1. The molecule has 174 valence electrons. The average Bonchev–Trinajstić information content (AvgIpc) is 3.43. The van der Waals surface area contributed by atoms with Crippen molar-refractivity contribution in [1.29, 1.82) is 0 Å². The van der Waals surface area contributed by atoms with Crippen molar-refractivity contribution in [2.24, 2.45) is 5.92 Å². The highest BCUT2D eigenvalue weighted by molar-refractivity contribution is 7.09. The monoisotopic (exact) mass is 461 g/mol. The van der Waals surface area contributed by atoms with Crippen LogP contribution in [0.15, 0.2) is 41.8 Å². The summed E-state index contributed by atoms with van der Waals surface area (Å²) < 4.78 is 2.45. The largest absolute Gasteiger partial charge is 0.340 e. The number of benzene rings is 1. The Kier molecular flexibility index (Phi) is 6.68. The lowest BCUT2D eigenvalue weighted by Gasteiger charge is -2.32. The predicted molar refractivity (Wildman–Crippen MR) is 136 cm³/mol. The zero-order chi connectivity index (χ0) is 22.8. The molecule has 5 heteroatoms. The van der Waals surface area contributed by atoms with Crippen LogP contribution < -0.4 is 0 Å². The molecular formula is C28H35N3OS. The van der Waals surface area contributed by atoms with Gasteiger partial charge in [0.2, 0.25) is 0 Å². The van der Waals surface area contributed by atoms with E-state index in [2.05, 4.69) is 65.1 Å². The van der Waals surface area contributed by atoms with Crippen LogP contribution in [0.3, 0.4) is 0 Å². The fourth-order valence-corrected chi connectivity index (χ4v) is 6.39. The number of hydrogen-bond acceptors (Lipinski definition) is 3. The first-order chi connectivity index (χ1) is 16.1. The molecule has 0 unspecified atom stereocenters. The minimum Gasteiger partial charge on any atom is -0.340 e. The second kappa shape index (κ2) is 9.84. The highest BCUT2D eigenvalue weighted by atomic mass is 32.1. The third kappa shape index (κ3) is 4.79. The molecule has 1 saturated carbocycles. The summed E-state index contributed by atoms with van der Waals surface area (Å²) in [6, 6.07) is 13.4. The molecule has 0 spiro atoms. The van der Waals surface area contributed by atoms with E-state index in [1.54, 1.807) is 11.3 Å². The van der Waals surface area contributed by atoms with Gasteiger partial charge in [-0.25, -0.2) is 4.98 Å². The van der Waals surface area contributed by atoms with Crippen molar-refractivity contribution in [3.8, 4) is 11.4 Å². The highest BCUT2D eigenvalue weighted by Crippen LogP contribution is 2.37. The molecule has 2 aromatic heterocycles. The lowest BCUT2D eigenvalue weighted by molar-refractivity contribution is 0.0689. The Morgan fingerprint density at radius 2 is 1.76 bits per heavy atom. The Morgan fingerprint density at radius 1 is 1.03 bits per heavy atom. The van der Waals surface area contributed by atoms with Gasteiger partial charge in [0.05, 0.1) is 22.0 Å². The van der Waals surface area contributed by atoms with Gasteiger partial charge in [-0.2, -0.15) is 0 Å². The summed E-state index contributed by atoms with van der Waals surface area (Å²) in [6.45, 7) is 5.92. The Morgan fingerprint density at radius 3 is 2.42 bits per heavy atom. The molecule has 4 nitrogen and oxygen atoms in total. The number of carbonyl (C=O) groups is 1. The summed E-state index contributed by atoms with van der Waals surface area (Å²) in [4.78, 5) is 20.5. The maximum atomic E-state index is 13.7. The maximum absolute atomic E-state index is 13.7. The van der Waals surface area contributed by atoms with E-state index in [9.17, 15) is 4.79 Å². The zero-order valence-electron chi connectivity index (χ0n) is 19.9. The second-order valence-corrected chi connectivity index (χ2v) is 10.9. The van der Waals surface area contributed by atoms with Crippen LogP contribution in [0.5, 0.6) is 0 Å². The van der Waals surface area contributed by atoms with Crippen LogP contribution in [-0.4, -0.2) is 33.4 Å². The van der Waals surface area contributed by atoms with Gasteiger partial charge in [-0.15, -0.1) is 11.3 Å². The number of nitrogens with zero attached hydrogens (tertiary/aromatic N) is 3. The summed E-state index contributed by atoms with van der Waals surface area (Å²) in [6.07, 6.45) is 9.56. The van der Waals surface area contributed by atoms with Crippen LogP contribution in [0.4, 0.5) is 0 Å². The summed E-state index contributed by atoms with van der Waals surface area (Å²) in [5.41, 5.74) is 5.56. The molecule has 1 aromatic carbocycles. The number of hydrogen-bond donors (Lipinski definition) is 0. The molecule has 1 aliphatic carbocycles. The van der Waals surface area contributed by atoms with Crippen molar-refractivity contribution in [3.63, 3.8) is 0 Å². The number of aryl methyl sites for hydroxylation is 1. The summed E-state index contributed by atoms with van der Waals surface area (Å²) in [5, 5.41) is 3.22. The molecule has 3 aromatic rings. The van der Waals surface area contributed by atoms with Gasteiger partial charge < -0.3 is 9.47 Å². The van der Waals surface area contributed by atoms with Crippen molar-refractivity contribution in [2.45, 2.75) is 71.3 Å². The van der Waals surface area contributed by atoms with Gasteiger partial charge >= 0.3 is 0 Å². The Balaban J connectivity index is 1.35. The van der Waals surface area contributed by atoms with Gasteiger partial charge in [0.25, 0.3) is 5.91 Å². The minimum absolute atomic E-state index is 0.202. The van der Waals surface area contributed by atoms with Crippen molar-refractivity contribution >= 4 is 17.2 Å². The molecule has 33 heavy (non-hydrogen) atoms. The minimum atomic E-state index is 0.202. The van der Waals surface area contributed by atoms with Crippen LogP contribution >= 0.6 is 11.3 Å². The first kappa shape index (κ1) is 22.4. The van der Waals surface area contributed by atoms with Gasteiger partial charge in [0.1, 0.15) is 0 Å². The first-order valence-corrected chi connectivity index (χ1v) is 13.5. The number of aromatic nitrogens is 2. The zero-order valence-corrected chi connectivity index (χ0v) is 20.7. The fraction of sp³-hybridized carbons (Fsp3) is 0.500. The third-order valence-electron chi connectivity index (χ3n) is 7.61. The van der Waals surface area contributed by atoms with Crippen LogP contribution in [0, 0.1) is 19.8 Å². The molecule has 0 atom stereocenters. The average molecular weight is 462 g/mol. The molecule has 1 aliphatic heterocycles. The van der Waals surface area contributed by atoms with E-state index >= 15 is 0 Å². The van der Waals surface area contributed by atoms with E-state index in [4.69, 9.17) is 4.98 Å². The van der Waals surface area contributed by atoms with E-state index in [0.717, 1.165) is 60.0 Å². The topological polar surface area (TPSA) is 38.1 Å². The van der Waals surface area contributed by atoms with Crippen molar-refractivity contribution < 1.29 is 4.79 Å². The fourth-order valence-electron chi connectivity index (χ4n) is 5.78. The van der Waals surface area contributed by atoms with E-state index in [-0.39, 0.29) is 5.91 Å². The summed E-state index contributed by atoms with van der Waals surface area (Å²) in [5.74, 6) is 0.867. The Bertz CT molecular complexity index is 1090. The molecule has 5 rings (SSSR count). The molecule has 0 bridgehead atoms. The van der Waals surface area contributed by atoms with Gasteiger partial charge in [0.15, 0.2) is 0 Å². The Hall–Kier alpha value is -2.40. The quantitative estimate of drug-likeness (QED) is 0.418. The van der Waals surface area contributed by atoms with Crippen LogP contribution in [0.1, 0.15) is 77.6 Å².